The van der Waals surface area contributed by atoms with E-state index in [1.54, 1.807) is 12.1 Å². The number of allylic oxidation sites excluding steroid dienone is 1. The first kappa shape index (κ1) is 61.9. The van der Waals surface area contributed by atoms with Gasteiger partial charge in [-0.2, -0.15) is 0 Å². The van der Waals surface area contributed by atoms with Crippen LogP contribution in [0.3, 0.4) is 0 Å². The van der Waals surface area contributed by atoms with Crippen LogP contribution in [0.25, 0.3) is 5.70 Å². The van der Waals surface area contributed by atoms with Crippen molar-refractivity contribution in [2.75, 3.05) is 19.6 Å². The Balaban J connectivity index is 2.71. The fraction of sp³-hybridized carbons (Fsp3) is 0.797. The van der Waals surface area contributed by atoms with Crippen molar-refractivity contribution < 1.29 is 19.1 Å². The lowest BCUT2D eigenvalue weighted by atomic mass is 9.90. The van der Waals surface area contributed by atoms with Crippen molar-refractivity contribution in [2.24, 2.45) is 11.8 Å². The molecule has 0 fully saturated rings. The predicted molar refractivity (Wildman–Crippen MR) is 288 cm³/mol. The molecule has 0 radical (unpaired) electrons. The number of carbonyl (C=O) groups excluding carboxylic acids is 3. The van der Waals surface area contributed by atoms with Crippen molar-refractivity contribution >= 4 is 23.3 Å². The molecule has 0 aliphatic heterocycles. The second kappa shape index (κ2) is 42.9. The van der Waals surface area contributed by atoms with E-state index in [2.05, 4.69) is 75.6 Å². The lowest BCUT2D eigenvalue weighted by Gasteiger charge is -2.19. The number of hydrogen-bond acceptors (Lipinski definition) is 6. The molecule has 1 aromatic rings. The molecule has 0 saturated carbocycles. The molecule has 0 aromatic carbocycles. The van der Waals surface area contributed by atoms with Crippen molar-refractivity contribution in [3.05, 3.63) is 48.0 Å². The molecule has 1 heterocycles. The summed E-state index contributed by atoms with van der Waals surface area (Å²) in [5, 5.41) is 9.51. The van der Waals surface area contributed by atoms with Crippen LogP contribution in [0.15, 0.2) is 31.0 Å². The number of amides is 2. The van der Waals surface area contributed by atoms with E-state index in [4.69, 9.17) is 4.74 Å². The highest BCUT2D eigenvalue weighted by atomic mass is 16.5. The monoisotopic (exact) mass is 935 g/mol. The number of ketones is 1. The first-order valence-electron chi connectivity index (χ1n) is 28.5. The number of aromatic nitrogens is 1. The molecule has 1 rings (SSSR count). The van der Waals surface area contributed by atoms with E-state index in [1.165, 1.54) is 116 Å². The third-order valence-electron chi connectivity index (χ3n) is 13.8. The topological polar surface area (TPSA) is 109 Å². The van der Waals surface area contributed by atoms with Crippen LogP contribution in [0, 0.1) is 11.8 Å². The molecule has 3 unspecified atom stereocenters. The molecule has 3 atom stereocenters. The second-order valence-electron chi connectivity index (χ2n) is 20.0. The van der Waals surface area contributed by atoms with Crippen LogP contribution in [0.5, 0.6) is 0 Å². The molecule has 8 heteroatoms. The quantitative estimate of drug-likeness (QED) is 0.0444. The van der Waals surface area contributed by atoms with Gasteiger partial charge in [-0.15, -0.1) is 0 Å². The molecule has 386 valence electrons. The molecule has 0 saturated heterocycles. The Morgan fingerprint density at radius 1 is 0.493 bits per heavy atom. The van der Waals surface area contributed by atoms with Crippen LogP contribution in [-0.2, 0) is 9.53 Å². The first-order valence-corrected chi connectivity index (χ1v) is 28.5. The standard InChI is InChI=1S/C59H106N4O4/c1-9-15-19-34-44-61-58(65)53-47-56(50(8)60-43-18-12-4)63-57(48-53)59(66)62-45-35-40-52(38-31-25-21-20-24-30-36-49(7)67-55(14-6)42-29-17-11-3)39-32-26-22-23-27-33-41-54(64)46-51(13-5)37-28-16-10-2/h47-48,51-52,55,60H,7-46H2,1-6H3,(H,61,65)(H,62,66). The van der Waals surface area contributed by atoms with Crippen LogP contribution < -0.4 is 16.0 Å². The molecule has 2 amide bonds. The number of nitrogens with one attached hydrogen (secondary N) is 3. The van der Waals surface area contributed by atoms with Crippen LogP contribution in [-0.4, -0.2) is 48.3 Å². The number of Topliss-reactive ketones (excluding diaryl/α,β-unsaturated/α-hetero) is 1. The molecule has 1 aromatic heterocycles. The van der Waals surface area contributed by atoms with Crippen molar-refractivity contribution in [1.29, 1.82) is 0 Å². The molecule has 0 aliphatic rings. The Bertz CT molecular complexity index is 1380. The second-order valence-corrected chi connectivity index (χ2v) is 20.0. The van der Waals surface area contributed by atoms with Gasteiger partial charge in [0.05, 0.1) is 23.3 Å². The van der Waals surface area contributed by atoms with Gasteiger partial charge in [0.15, 0.2) is 0 Å². The van der Waals surface area contributed by atoms with Gasteiger partial charge in [0.25, 0.3) is 11.8 Å². The minimum absolute atomic E-state index is 0.184. The van der Waals surface area contributed by atoms with Gasteiger partial charge >= 0.3 is 0 Å². The number of pyridine rings is 1. The zero-order valence-corrected chi connectivity index (χ0v) is 44.8. The fourth-order valence-electron chi connectivity index (χ4n) is 9.16. The molecule has 67 heavy (non-hydrogen) atoms. The highest BCUT2D eigenvalue weighted by Gasteiger charge is 2.17. The highest BCUT2D eigenvalue weighted by Crippen LogP contribution is 2.25. The molecule has 0 aliphatic carbocycles. The molecule has 0 spiro atoms. The van der Waals surface area contributed by atoms with E-state index < -0.39 is 0 Å². The third kappa shape index (κ3) is 33.1. The smallest absolute Gasteiger partial charge is 0.269 e. The number of unbranched alkanes of at least 4 members (excludes halogenated alkanes) is 18. The van der Waals surface area contributed by atoms with Gasteiger partial charge in [-0.1, -0.05) is 202 Å². The van der Waals surface area contributed by atoms with Crippen LogP contribution >= 0.6 is 0 Å². The summed E-state index contributed by atoms with van der Waals surface area (Å²) >= 11 is 0. The van der Waals surface area contributed by atoms with E-state index in [0.717, 1.165) is 121 Å². The van der Waals surface area contributed by atoms with Crippen LogP contribution in [0.4, 0.5) is 0 Å². The summed E-state index contributed by atoms with van der Waals surface area (Å²) in [4.78, 5) is 44.1. The third-order valence-corrected chi connectivity index (χ3v) is 13.8. The van der Waals surface area contributed by atoms with E-state index >= 15 is 0 Å². The number of rotatable bonds is 48. The molecular weight excluding hydrogens is 829 g/mol. The molecule has 8 nitrogen and oxygen atoms in total. The van der Waals surface area contributed by atoms with Crippen molar-refractivity contribution in [3.63, 3.8) is 0 Å². The average molecular weight is 936 g/mol. The summed E-state index contributed by atoms with van der Waals surface area (Å²) in [5.74, 6) is 2.24. The van der Waals surface area contributed by atoms with Crippen LogP contribution in [0.2, 0.25) is 0 Å². The number of nitrogens with zero attached hydrogens (tertiary/aromatic N) is 1. The number of hydrogen-bond donors (Lipinski definition) is 3. The van der Waals surface area contributed by atoms with Crippen molar-refractivity contribution in [3.8, 4) is 0 Å². The van der Waals surface area contributed by atoms with Gasteiger partial charge < -0.3 is 20.7 Å². The zero-order valence-electron chi connectivity index (χ0n) is 44.8. The fourth-order valence-corrected chi connectivity index (χ4v) is 9.16. The summed E-state index contributed by atoms with van der Waals surface area (Å²) in [7, 11) is 0. The van der Waals surface area contributed by atoms with E-state index in [1.807, 2.05) is 0 Å². The van der Waals surface area contributed by atoms with Gasteiger partial charge in [-0.05, 0) is 81.8 Å². The lowest BCUT2D eigenvalue weighted by Crippen LogP contribution is -2.29. The highest BCUT2D eigenvalue weighted by molar-refractivity contribution is 5.99. The minimum Gasteiger partial charge on any atom is -0.495 e. The maximum absolute atomic E-state index is 13.6. The SMILES string of the molecule is C=C(CCCCCCCCC(CCCCCCCCC(=O)CC(CC)CCCCC)CCCNC(=O)c1cc(C(=O)NCCCCCC)cc(C(=C)NCCCC)n1)OC(CC)CCCCC. The van der Waals surface area contributed by atoms with E-state index in [0.29, 0.717) is 53.8 Å². The first-order chi connectivity index (χ1) is 32.6. The van der Waals surface area contributed by atoms with Crippen LogP contribution in [0.1, 0.15) is 293 Å². The Labute approximate surface area is 413 Å². The summed E-state index contributed by atoms with van der Waals surface area (Å²) in [5.41, 5.74) is 1.85. The average Bonchev–Trinajstić information content (AvgIpc) is 3.33. The number of carbonyl (C=O) groups is 3. The maximum Gasteiger partial charge on any atom is 0.269 e. The molecule has 3 N–H and O–H groups in total. The lowest BCUT2D eigenvalue weighted by molar-refractivity contribution is -0.120. The molecule has 0 bridgehead atoms. The zero-order chi connectivity index (χ0) is 49.2. The van der Waals surface area contributed by atoms with Gasteiger partial charge in [0.2, 0.25) is 0 Å². The Hall–Kier alpha value is -3.16. The summed E-state index contributed by atoms with van der Waals surface area (Å²) in [6.07, 6.45) is 40.4. The van der Waals surface area contributed by atoms with Crippen molar-refractivity contribution in [2.45, 2.75) is 272 Å². The summed E-state index contributed by atoms with van der Waals surface area (Å²) < 4.78 is 6.20. The van der Waals surface area contributed by atoms with Gasteiger partial charge in [-0.3, -0.25) is 14.4 Å². The van der Waals surface area contributed by atoms with Crippen molar-refractivity contribution in [1.82, 2.24) is 20.9 Å². The normalized spacial score (nSPS) is 12.6. The van der Waals surface area contributed by atoms with Gasteiger partial charge in [0.1, 0.15) is 11.5 Å². The maximum atomic E-state index is 13.6. The Morgan fingerprint density at radius 3 is 1.60 bits per heavy atom. The number of ether oxygens (including phenoxy) is 1. The van der Waals surface area contributed by atoms with Gasteiger partial charge in [0, 0.05) is 44.5 Å². The Kier molecular flexibility index (Phi) is 39.6. The molecular formula is C59H106N4O4. The summed E-state index contributed by atoms with van der Waals surface area (Å²) in [6, 6.07) is 3.37. The van der Waals surface area contributed by atoms with E-state index in [9.17, 15) is 14.4 Å². The Morgan fingerprint density at radius 2 is 0.970 bits per heavy atom. The summed E-state index contributed by atoms with van der Waals surface area (Å²) in [6.45, 7) is 23.6. The van der Waals surface area contributed by atoms with Gasteiger partial charge in [-0.25, -0.2) is 4.98 Å². The largest absolute Gasteiger partial charge is 0.495 e. The predicted octanol–water partition coefficient (Wildman–Crippen LogP) is 16.6. The van der Waals surface area contributed by atoms with E-state index in [-0.39, 0.29) is 17.5 Å². The minimum atomic E-state index is -0.247.